The molecular weight excluding hydrogens is 213 g/mol. The summed E-state index contributed by atoms with van der Waals surface area (Å²) >= 11 is 2.15. The van der Waals surface area contributed by atoms with E-state index in [0.29, 0.717) is 6.61 Å². The van der Waals surface area contributed by atoms with Gasteiger partial charge in [0.2, 0.25) is 0 Å². The van der Waals surface area contributed by atoms with Crippen LogP contribution in [-0.4, -0.2) is 11.7 Å². The first kappa shape index (κ1) is 13.9. The van der Waals surface area contributed by atoms with Crippen molar-refractivity contribution in [3.05, 3.63) is 0 Å². The van der Waals surface area contributed by atoms with Gasteiger partial charge in [-0.05, 0) is 0 Å². The molecule has 0 fully saturated rings. The van der Waals surface area contributed by atoms with E-state index < -0.39 is 0 Å². The minimum absolute atomic E-state index is 0.0972. The number of hydrogen-bond donors (Lipinski definition) is 1. The molecule has 0 rings (SSSR count). The van der Waals surface area contributed by atoms with Gasteiger partial charge in [0.25, 0.3) is 0 Å². The molecule has 0 aromatic carbocycles. The molecule has 0 unspecified atom stereocenters. The van der Waals surface area contributed by atoms with Crippen molar-refractivity contribution in [1.82, 2.24) is 0 Å². The molecule has 0 bridgehead atoms. The van der Waals surface area contributed by atoms with Crippen molar-refractivity contribution in [3.8, 4) is 0 Å². The standard InChI is InChI=1S/C3H7O.2C2H5.Ti.Zn/c1-2-3-4;2*1-2;;/h4H,1-3H2;2*1H2,2H3;;. The summed E-state index contributed by atoms with van der Waals surface area (Å²) < 4.78 is 1.09. The van der Waals surface area contributed by atoms with Gasteiger partial charge < -0.3 is 0 Å². The van der Waals surface area contributed by atoms with Gasteiger partial charge in [0.1, 0.15) is 0 Å². The van der Waals surface area contributed by atoms with Crippen LogP contribution in [0.3, 0.4) is 0 Å². The van der Waals surface area contributed by atoms with Crippen LogP contribution in [0.4, 0.5) is 0 Å². The van der Waals surface area contributed by atoms with Crippen molar-refractivity contribution in [3.63, 3.8) is 0 Å². The van der Waals surface area contributed by atoms with E-state index in [2.05, 4.69) is 34.3 Å². The van der Waals surface area contributed by atoms with Crippen molar-refractivity contribution in [2.45, 2.75) is 35.0 Å². The van der Waals surface area contributed by atoms with Gasteiger partial charge in [-0.3, -0.25) is 0 Å². The molecule has 0 aliphatic carbocycles. The predicted molar refractivity (Wildman–Crippen MR) is 37.5 cm³/mol. The minimum atomic E-state index is 0.0972. The van der Waals surface area contributed by atoms with Gasteiger partial charge in [0, 0.05) is 0 Å². The fourth-order valence-corrected chi connectivity index (χ4v) is 2.16. The van der Waals surface area contributed by atoms with E-state index in [1.165, 1.54) is 10.0 Å². The number of aliphatic hydroxyl groups is 1. The molecule has 0 saturated heterocycles. The fraction of sp³-hybridized carbons (Fsp3) is 1.00. The molecule has 0 spiro atoms. The van der Waals surface area contributed by atoms with Crippen LogP contribution in [0.25, 0.3) is 0 Å². The van der Waals surface area contributed by atoms with Crippen molar-refractivity contribution in [1.29, 1.82) is 0 Å². The molecule has 1 nitrogen and oxygen atoms in total. The van der Waals surface area contributed by atoms with E-state index in [-0.39, 0.29) is 17.1 Å². The van der Waals surface area contributed by atoms with E-state index >= 15 is 0 Å². The zero-order valence-corrected chi connectivity index (χ0v) is 11.7. The quantitative estimate of drug-likeness (QED) is 0.735. The Balaban J connectivity index is 0. The van der Waals surface area contributed by atoms with Crippen LogP contribution in [-0.2, 0) is 37.6 Å². The third kappa shape index (κ3) is 22.8. The summed E-state index contributed by atoms with van der Waals surface area (Å²) in [4.78, 5) is 0. The van der Waals surface area contributed by atoms with Crippen LogP contribution in [0.2, 0.25) is 14.8 Å². The Kier molecular flexibility index (Phi) is 23.2. The first-order valence-corrected chi connectivity index (χ1v) is 9.38. The summed E-state index contributed by atoms with van der Waals surface area (Å²) in [6, 6.07) is 0. The molecule has 0 heterocycles. The Hall–Kier alpha value is 1.30. The van der Waals surface area contributed by atoms with Gasteiger partial charge in [0.05, 0.1) is 0 Å². The topological polar surface area (TPSA) is 20.2 Å². The van der Waals surface area contributed by atoms with Crippen molar-refractivity contribution >= 4 is 0 Å². The van der Waals surface area contributed by atoms with Gasteiger partial charge in [-0.2, -0.15) is 0 Å². The maximum absolute atomic E-state index is 8.07. The predicted octanol–water partition coefficient (Wildman–Crippen LogP) is 2.28. The van der Waals surface area contributed by atoms with Crippen LogP contribution >= 0.6 is 0 Å². The summed E-state index contributed by atoms with van der Waals surface area (Å²) in [6.07, 6.45) is 0.944. The third-order valence-electron chi connectivity index (χ3n) is 1.04. The van der Waals surface area contributed by atoms with Gasteiger partial charge in [-0.15, -0.1) is 0 Å². The van der Waals surface area contributed by atoms with E-state index in [1.807, 2.05) is 0 Å². The summed E-state index contributed by atoms with van der Waals surface area (Å²) in [5.41, 5.74) is 0. The Morgan fingerprint density at radius 2 is 1.80 bits per heavy atom. The van der Waals surface area contributed by atoms with E-state index in [0.717, 1.165) is 11.1 Å². The van der Waals surface area contributed by atoms with Crippen LogP contribution < -0.4 is 0 Å². The Labute approximate surface area is 84.0 Å². The third-order valence-corrected chi connectivity index (χ3v) is 4.56. The van der Waals surface area contributed by atoms with Gasteiger partial charge in [-0.25, -0.2) is 0 Å². The average Bonchev–Trinajstić information content (AvgIpc) is 1.93. The van der Waals surface area contributed by atoms with Crippen molar-refractivity contribution < 1.29 is 42.7 Å². The zero-order valence-electron chi connectivity index (χ0n) is 7.19. The molecular formula is C7H17OTiZn. The van der Waals surface area contributed by atoms with Crippen molar-refractivity contribution in [2.75, 3.05) is 6.61 Å². The molecule has 0 radical (unpaired) electrons. The van der Waals surface area contributed by atoms with Crippen LogP contribution in [0.1, 0.15) is 20.3 Å². The monoisotopic (exact) mass is 229 g/mol. The van der Waals surface area contributed by atoms with E-state index in [1.54, 1.807) is 0 Å². The molecule has 0 atom stereocenters. The number of hydrogen-bond acceptors (Lipinski definition) is 1. The normalized spacial score (nSPS) is 7.40. The second-order valence-corrected chi connectivity index (χ2v) is 8.64. The average molecular weight is 230 g/mol. The maximum atomic E-state index is 8.07. The second kappa shape index (κ2) is 16.7. The summed E-state index contributed by atoms with van der Waals surface area (Å²) in [5.74, 6) is 0. The van der Waals surface area contributed by atoms with E-state index in [9.17, 15) is 0 Å². The summed E-state index contributed by atoms with van der Waals surface area (Å²) in [5, 5.41) is 11.1. The van der Waals surface area contributed by atoms with E-state index in [4.69, 9.17) is 5.11 Å². The van der Waals surface area contributed by atoms with Crippen LogP contribution in [0, 0.1) is 0 Å². The molecule has 57 valence electrons. The van der Waals surface area contributed by atoms with Crippen molar-refractivity contribution in [2.24, 2.45) is 0 Å². The van der Waals surface area contributed by atoms with Gasteiger partial charge in [0.15, 0.2) is 0 Å². The molecule has 0 saturated carbocycles. The first-order valence-electron chi connectivity index (χ1n) is 4.08. The summed E-state index contributed by atoms with van der Waals surface area (Å²) in [6.45, 7) is 4.93. The van der Waals surface area contributed by atoms with Crippen LogP contribution in [0.15, 0.2) is 0 Å². The molecule has 1 N–H and O–H groups in total. The molecule has 0 amide bonds. The number of aliphatic hydroxyl groups excluding tert-OH is 1. The molecule has 0 aliphatic rings. The van der Waals surface area contributed by atoms with Gasteiger partial charge in [-0.1, -0.05) is 0 Å². The Bertz CT molecular complexity index is 34.6. The SMILES string of the molecule is C[CH2][Zn][CH2]C.OCC[CH2][Ti]. The summed E-state index contributed by atoms with van der Waals surface area (Å²) in [7, 11) is 0. The Morgan fingerprint density at radius 1 is 1.30 bits per heavy atom. The molecule has 0 aromatic rings. The zero-order chi connectivity index (χ0) is 8.24. The second-order valence-electron chi connectivity index (χ2n) is 2.18. The molecule has 0 aliphatic heterocycles. The molecule has 10 heavy (non-hydrogen) atoms. The van der Waals surface area contributed by atoms with Crippen LogP contribution in [0.5, 0.6) is 0 Å². The molecule has 3 heteroatoms. The molecule has 0 aromatic heterocycles. The number of rotatable bonds is 4. The Morgan fingerprint density at radius 3 is 1.80 bits per heavy atom. The fourth-order valence-electron chi connectivity index (χ4n) is 0.433. The van der Waals surface area contributed by atoms with Gasteiger partial charge >= 0.3 is 84.3 Å². The first-order chi connectivity index (χ1) is 4.83.